The zero-order valence-electron chi connectivity index (χ0n) is 15.7. The molecule has 0 spiro atoms. The maximum Gasteiger partial charge on any atom is 0.387 e. The first kappa shape index (κ1) is 22.1. The molecule has 28 heavy (non-hydrogen) atoms. The van der Waals surface area contributed by atoms with Gasteiger partial charge in [-0.05, 0) is 30.2 Å². The van der Waals surface area contributed by atoms with Crippen molar-refractivity contribution in [2.45, 2.75) is 19.6 Å². The molecule has 0 aliphatic rings. The summed E-state index contributed by atoms with van der Waals surface area (Å²) >= 11 is 12.1. The van der Waals surface area contributed by atoms with E-state index in [2.05, 4.69) is 20.4 Å². The highest BCUT2D eigenvalue weighted by Crippen LogP contribution is 2.29. The number of ether oxygens (including phenoxy) is 2. The van der Waals surface area contributed by atoms with Crippen molar-refractivity contribution in [3.63, 3.8) is 0 Å². The predicted octanol–water partition coefficient (Wildman–Crippen LogP) is 3.85. The number of guanidine groups is 1. The first-order valence-electron chi connectivity index (χ1n) is 8.41. The van der Waals surface area contributed by atoms with Crippen molar-refractivity contribution in [1.82, 2.24) is 15.2 Å². The Bertz CT molecular complexity index is 828. The molecule has 0 atom stereocenters. The minimum Gasteiger partial charge on any atom is -0.493 e. The normalized spacial score (nSPS) is 11.6. The van der Waals surface area contributed by atoms with Gasteiger partial charge in [0.25, 0.3) is 0 Å². The molecule has 2 rings (SSSR count). The fraction of sp³-hybridized carbons (Fsp3) is 0.389. The molecule has 0 radical (unpaired) electrons. The van der Waals surface area contributed by atoms with Crippen LogP contribution in [-0.4, -0.2) is 37.8 Å². The fourth-order valence-corrected chi connectivity index (χ4v) is 2.96. The number of aliphatic imine (C=N–C) groups is 1. The van der Waals surface area contributed by atoms with E-state index in [4.69, 9.17) is 27.9 Å². The smallest absolute Gasteiger partial charge is 0.387 e. The maximum absolute atomic E-state index is 12.5. The Morgan fingerprint density at radius 1 is 1.21 bits per heavy atom. The molecule has 1 heterocycles. The van der Waals surface area contributed by atoms with Crippen LogP contribution < -0.4 is 20.1 Å². The molecule has 0 unspecified atom stereocenters. The predicted molar refractivity (Wildman–Crippen MR) is 107 cm³/mol. The summed E-state index contributed by atoms with van der Waals surface area (Å²) in [5.41, 5.74) is 1.72. The van der Waals surface area contributed by atoms with Gasteiger partial charge in [-0.1, -0.05) is 29.3 Å². The summed E-state index contributed by atoms with van der Waals surface area (Å²) in [5, 5.41) is 7.29. The molecule has 0 aliphatic heterocycles. The van der Waals surface area contributed by atoms with E-state index in [0.29, 0.717) is 35.6 Å². The summed E-state index contributed by atoms with van der Waals surface area (Å²) < 4.78 is 36.4. The second-order valence-electron chi connectivity index (χ2n) is 5.80. The molecular formula is C18H22Cl2F2N4O2. The SMILES string of the molecule is CN=C(NCCc1ccc(OC)c(OC(F)F)c1)NCc1cc(Cl)c(Cl)n1C. The van der Waals surface area contributed by atoms with E-state index in [-0.39, 0.29) is 11.5 Å². The molecule has 1 aromatic carbocycles. The fourth-order valence-electron chi connectivity index (χ4n) is 2.54. The Morgan fingerprint density at radius 3 is 2.54 bits per heavy atom. The van der Waals surface area contributed by atoms with Crippen molar-refractivity contribution < 1.29 is 18.3 Å². The van der Waals surface area contributed by atoms with Crippen molar-refractivity contribution in [1.29, 1.82) is 0 Å². The van der Waals surface area contributed by atoms with Crippen LogP contribution in [0.15, 0.2) is 29.3 Å². The molecular weight excluding hydrogens is 413 g/mol. The second-order valence-corrected chi connectivity index (χ2v) is 6.56. The second kappa shape index (κ2) is 10.4. The molecule has 0 bridgehead atoms. The highest BCUT2D eigenvalue weighted by Gasteiger charge is 2.12. The Balaban J connectivity index is 1.89. The summed E-state index contributed by atoms with van der Waals surface area (Å²) in [4.78, 5) is 4.15. The van der Waals surface area contributed by atoms with E-state index in [9.17, 15) is 8.78 Å². The summed E-state index contributed by atoms with van der Waals surface area (Å²) in [5.74, 6) is 0.857. The number of nitrogens with zero attached hydrogens (tertiary/aromatic N) is 2. The van der Waals surface area contributed by atoms with Gasteiger partial charge in [0.2, 0.25) is 0 Å². The minimum atomic E-state index is -2.91. The van der Waals surface area contributed by atoms with Gasteiger partial charge in [-0.15, -0.1) is 0 Å². The van der Waals surface area contributed by atoms with Crippen LogP contribution in [0.3, 0.4) is 0 Å². The zero-order valence-corrected chi connectivity index (χ0v) is 17.2. The number of rotatable bonds is 8. The quantitative estimate of drug-likeness (QED) is 0.489. The Hall–Kier alpha value is -2.19. The molecule has 10 heteroatoms. The van der Waals surface area contributed by atoms with E-state index >= 15 is 0 Å². The van der Waals surface area contributed by atoms with Gasteiger partial charge in [0.15, 0.2) is 17.5 Å². The van der Waals surface area contributed by atoms with Gasteiger partial charge in [0, 0.05) is 26.3 Å². The first-order chi connectivity index (χ1) is 13.3. The average molecular weight is 435 g/mol. The standard InChI is InChI=1S/C18H22Cl2F2N4O2/c1-23-18(25-10-12-9-13(19)16(20)26(12)2)24-7-6-11-4-5-14(27-3)15(8-11)28-17(21)22/h4-5,8-9,17H,6-7,10H2,1-3H3,(H2,23,24,25). The van der Waals surface area contributed by atoms with Gasteiger partial charge in [-0.2, -0.15) is 8.78 Å². The number of halogens is 4. The zero-order chi connectivity index (χ0) is 20.7. The molecule has 2 N–H and O–H groups in total. The van der Waals surface area contributed by atoms with Crippen LogP contribution in [0.25, 0.3) is 0 Å². The topological polar surface area (TPSA) is 59.8 Å². The molecule has 0 amide bonds. The lowest BCUT2D eigenvalue weighted by Gasteiger charge is -2.14. The first-order valence-corrected chi connectivity index (χ1v) is 9.17. The van der Waals surface area contributed by atoms with Gasteiger partial charge in [0.1, 0.15) is 5.15 Å². The molecule has 1 aromatic heterocycles. The number of hydrogen-bond donors (Lipinski definition) is 2. The summed E-state index contributed by atoms with van der Waals surface area (Å²) in [7, 11) is 4.88. The summed E-state index contributed by atoms with van der Waals surface area (Å²) in [6.07, 6.45) is 0.575. The number of alkyl halides is 2. The van der Waals surface area contributed by atoms with Gasteiger partial charge < -0.3 is 24.7 Å². The Labute approximate surface area is 172 Å². The third-order valence-corrected chi connectivity index (χ3v) is 4.87. The van der Waals surface area contributed by atoms with E-state index in [0.717, 1.165) is 11.3 Å². The molecule has 2 aromatic rings. The van der Waals surface area contributed by atoms with Crippen molar-refractivity contribution in [3.05, 3.63) is 45.7 Å². The largest absolute Gasteiger partial charge is 0.493 e. The van der Waals surface area contributed by atoms with Crippen molar-refractivity contribution in [3.8, 4) is 11.5 Å². The third kappa shape index (κ3) is 5.90. The van der Waals surface area contributed by atoms with E-state index in [1.807, 2.05) is 7.05 Å². The molecule has 154 valence electrons. The molecule has 0 saturated heterocycles. The van der Waals surface area contributed by atoms with Crippen molar-refractivity contribution in [2.75, 3.05) is 20.7 Å². The minimum absolute atomic E-state index is 0.00923. The van der Waals surface area contributed by atoms with Crippen molar-refractivity contribution >= 4 is 29.2 Å². The van der Waals surface area contributed by atoms with Crippen LogP contribution >= 0.6 is 23.2 Å². The van der Waals surface area contributed by atoms with Crippen molar-refractivity contribution in [2.24, 2.45) is 12.0 Å². The highest BCUT2D eigenvalue weighted by molar-refractivity contribution is 6.41. The lowest BCUT2D eigenvalue weighted by molar-refractivity contribution is -0.0512. The number of hydrogen-bond acceptors (Lipinski definition) is 3. The van der Waals surface area contributed by atoms with Crippen LogP contribution in [0.1, 0.15) is 11.3 Å². The summed E-state index contributed by atoms with van der Waals surface area (Å²) in [6, 6.07) is 6.72. The maximum atomic E-state index is 12.5. The van der Waals surface area contributed by atoms with E-state index in [1.54, 1.807) is 29.8 Å². The van der Waals surface area contributed by atoms with E-state index in [1.165, 1.54) is 13.2 Å². The summed E-state index contributed by atoms with van der Waals surface area (Å²) in [6.45, 7) is -1.89. The van der Waals surface area contributed by atoms with Gasteiger partial charge in [0.05, 0.1) is 18.7 Å². The third-order valence-electron chi connectivity index (χ3n) is 4.03. The Morgan fingerprint density at radius 2 is 1.96 bits per heavy atom. The van der Waals surface area contributed by atoms with Gasteiger partial charge in [-0.25, -0.2) is 0 Å². The molecule has 0 aliphatic carbocycles. The van der Waals surface area contributed by atoms with Crippen LogP contribution in [0, 0.1) is 0 Å². The number of nitrogens with one attached hydrogen (secondary N) is 2. The van der Waals surface area contributed by atoms with Crippen LogP contribution in [0.2, 0.25) is 10.2 Å². The number of methoxy groups -OCH3 is 1. The number of benzene rings is 1. The molecule has 0 fully saturated rings. The van der Waals surface area contributed by atoms with Crippen LogP contribution in [-0.2, 0) is 20.0 Å². The lowest BCUT2D eigenvalue weighted by Crippen LogP contribution is -2.38. The number of aromatic nitrogens is 1. The Kier molecular flexibility index (Phi) is 8.19. The van der Waals surface area contributed by atoms with E-state index < -0.39 is 6.61 Å². The molecule has 0 saturated carbocycles. The van der Waals surface area contributed by atoms with Gasteiger partial charge in [-0.3, -0.25) is 4.99 Å². The highest BCUT2D eigenvalue weighted by atomic mass is 35.5. The monoisotopic (exact) mass is 434 g/mol. The van der Waals surface area contributed by atoms with Crippen LogP contribution in [0.4, 0.5) is 8.78 Å². The van der Waals surface area contributed by atoms with Crippen LogP contribution in [0.5, 0.6) is 11.5 Å². The lowest BCUT2D eigenvalue weighted by atomic mass is 10.1. The molecule has 6 nitrogen and oxygen atoms in total. The average Bonchev–Trinajstić information content (AvgIpc) is 2.91. The van der Waals surface area contributed by atoms with Gasteiger partial charge >= 0.3 is 6.61 Å².